The summed E-state index contributed by atoms with van der Waals surface area (Å²) in [5.74, 6) is -1.46. The van der Waals surface area contributed by atoms with E-state index in [4.69, 9.17) is 0 Å². The normalized spacial score (nSPS) is 11.3. The number of nitrogens with zero attached hydrogens (tertiary/aromatic N) is 4. The lowest BCUT2D eigenvalue weighted by molar-refractivity contribution is -0.274. The molecule has 1 N–H and O–H groups in total. The zero-order valence-electron chi connectivity index (χ0n) is 13.4. The van der Waals surface area contributed by atoms with Crippen molar-refractivity contribution >= 4 is 11.6 Å². The summed E-state index contributed by atoms with van der Waals surface area (Å²) in [4.78, 5) is 13.0. The summed E-state index contributed by atoms with van der Waals surface area (Å²) >= 11 is 0. The zero-order chi connectivity index (χ0) is 19.4. The third-order valence-corrected chi connectivity index (χ3v) is 3.22. The number of hydrogen-bond donors (Lipinski definition) is 1. The van der Waals surface area contributed by atoms with Gasteiger partial charge >= 0.3 is 6.36 Å². The molecule has 140 valence electrons. The lowest BCUT2D eigenvalue weighted by atomic mass is 10.2. The van der Waals surface area contributed by atoms with Gasteiger partial charge in [0.25, 0.3) is 0 Å². The number of alkyl halides is 3. The van der Waals surface area contributed by atoms with E-state index >= 15 is 0 Å². The van der Waals surface area contributed by atoms with E-state index in [9.17, 15) is 22.4 Å². The SMILES string of the molecule is O=C(Cn1nnc(-c2ccccc2F)n1)Nc1ccc(OC(F)(F)F)cc1. The van der Waals surface area contributed by atoms with Crippen molar-refractivity contribution in [3.63, 3.8) is 0 Å². The lowest BCUT2D eigenvalue weighted by Crippen LogP contribution is -2.20. The maximum atomic E-state index is 13.7. The topological polar surface area (TPSA) is 81.9 Å². The number of carbonyl (C=O) groups is 1. The monoisotopic (exact) mass is 381 g/mol. The highest BCUT2D eigenvalue weighted by Gasteiger charge is 2.30. The fourth-order valence-corrected chi connectivity index (χ4v) is 2.13. The number of anilines is 1. The van der Waals surface area contributed by atoms with Crippen LogP contribution in [0.15, 0.2) is 48.5 Å². The molecular weight excluding hydrogens is 370 g/mol. The van der Waals surface area contributed by atoms with Gasteiger partial charge in [-0.3, -0.25) is 4.79 Å². The van der Waals surface area contributed by atoms with Crippen molar-refractivity contribution in [3.05, 3.63) is 54.3 Å². The molecule has 0 aliphatic heterocycles. The Morgan fingerprint density at radius 2 is 1.81 bits per heavy atom. The quantitative estimate of drug-likeness (QED) is 0.687. The maximum absolute atomic E-state index is 13.7. The number of aromatic nitrogens is 4. The molecule has 0 saturated heterocycles. The number of rotatable bonds is 5. The molecule has 0 aliphatic carbocycles. The summed E-state index contributed by atoms with van der Waals surface area (Å²) in [6.45, 7) is -0.317. The minimum atomic E-state index is -4.79. The molecule has 1 aromatic heterocycles. The molecule has 0 unspecified atom stereocenters. The molecular formula is C16H11F4N5O2. The molecule has 2 aromatic carbocycles. The van der Waals surface area contributed by atoms with Crippen LogP contribution < -0.4 is 10.1 Å². The summed E-state index contributed by atoms with van der Waals surface area (Å²) in [6, 6.07) is 10.5. The number of carbonyl (C=O) groups excluding carboxylic acids is 1. The Bertz CT molecular complexity index is 940. The number of ether oxygens (including phenoxy) is 1. The number of nitrogens with one attached hydrogen (secondary N) is 1. The fourth-order valence-electron chi connectivity index (χ4n) is 2.13. The van der Waals surface area contributed by atoms with Crippen molar-refractivity contribution in [3.8, 4) is 17.1 Å². The molecule has 0 saturated carbocycles. The average molecular weight is 381 g/mol. The third-order valence-electron chi connectivity index (χ3n) is 3.22. The van der Waals surface area contributed by atoms with Gasteiger partial charge in [0.05, 0.1) is 5.56 Å². The first-order valence-electron chi connectivity index (χ1n) is 7.48. The van der Waals surface area contributed by atoms with Gasteiger partial charge in [0.1, 0.15) is 18.1 Å². The predicted molar refractivity (Wildman–Crippen MR) is 85.0 cm³/mol. The second-order valence-corrected chi connectivity index (χ2v) is 5.24. The van der Waals surface area contributed by atoms with E-state index in [1.165, 1.54) is 30.3 Å². The maximum Gasteiger partial charge on any atom is 0.573 e. The van der Waals surface area contributed by atoms with Crippen LogP contribution in [0.2, 0.25) is 0 Å². The Morgan fingerprint density at radius 1 is 1.11 bits per heavy atom. The minimum absolute atomic E-state index is 0.0227. The van der Waals surface area contributed by atoms with Crippen LogP contribution in [-0.2, 0) is 11.3 Å². The van der Waals surface area contributed by atoms with Gasteiger partial charge in [-0.1, -0.05) is 12.1 Å². The molecule has 1 heterocycles. The molecule has 0 atom stereocenters. The standard InChI is InChI=1S/C16H11F4N5O2/c17-13-4-2-1-3-12(13)15-22-24-25(23-15)9-14(26)21-10-5-7-11(8-6-10)27-16(18,19)20/h1-8H,9H2,(H,21,26). The highest BCUT2D eigenvalue weighted by Crippen LogP contribution is 2.24. The van der Waals surface area contributed by atoms with Crippen molar-refractivity contribution in [2.75, 3.05) is 5.32 Å². The second kappa shape index (κ2) is 7.40. The number of halogens is 4. The summed E-state index contributed by atoms with van der Waals surface area (Å²) in [7, 11) is 0. The first-order valence-corrected chi connectivity index (χ1v) is 7.48. The van der Waals surface area contributed by atoms with E-state index in [-0.39, 0.29) is 23.6 Å². The number of amides is 1. The zero-order valence-corrected chi connectivity index (χ0v) is 13.4. The van der Waals surface area contributed by atoms with E-state index in [0.29, 0.717) is 0 Å². The van der Waals surface area contributed by atoms with Gasteiger partial charge in [-0.05, 0) is 41.6 Å². The van der Waals surface area contributed by atoms with Gasteiger partial charge in [-0.2, -0.15) is 4.80 Å². The van der Waals surface area contributed by atoms with Crippen LogP contribution in [0, 0.1) is 5.82 Å². The molecule has 1 amide bonds. The summed E-state index contributed by atoms with van der Waals surface area (Å²) in [5, 5.41) is 13.8. The third kappa shape index (κ3) is 5.00. The van der Waals surface area contributed by atoms with Gasteiger partial charge in [0.2, 0.25) is 11.7 Å². The first-order chi connectivity index (χ1) is 12.8. The second-order valence-electron chi connectivity index (χ2n) is 5.24. The molecule has 7 nitrogen and oxygen atoms in total. The minimum Gasteiger partial charge on any atom is -0.406 e. The van der Waals surface area contributed by atoms with Crippen LogP contribution in [0.1, 0.15) is 0 Å². The van der Waals surface area contributed by atoms with E-state index in [1.54, 1.807) is 6.07 Å². The van der Waals surface area contributed by atoms with Crippen molar-refractivity contribution in [2.45, 2.75) is 12.9 Å². The molecule has 11 heteroatoms. The van der Waals surface area contributed by atoms with E-state index in [2.05, 4.69) is 25.5 Å². The Kier molecular flexibility index (Phi) is 5.01. The summed E-state index contributed by atoms with van der Waals surface area (Å²) < 4.78 is 53.7. The first kappa shape index (κ1) is 18.3. The predicted octanol–water partition coefficient (Wildman–Crippen LogP) is 3.02. The number of hydrogen-bond acceptors (Lipinski definition) is 5. The highest BCUT2D eigenvalue weighted by molar-refractivity contribution is 5.90. The van der Waals surface area contributed by atoms with Crippen LogP contribution in [0.3, 0.4) is 0 Å². The molecule has 0 fully saturated rings. The molecule has 0 spiro atoms. The van der Waals surface area contributed by atoms with Gasteiger partial charge in [0, 0.05) is 5.69 Å². The largest absolute Gasteiger partial charge is 0.573 e. The van der Waals surface area contributed by atoms with Gasteiger partial charge in [-0.15, -0.1) is 23.4 Å². The molecule has 3 aromatic rings. The number of tetrazole rings is 1. The smallest absolute Gasteiger partial charge is 0.406 e. The molecule has 0 radical (unpaired) electrons. The van der Waals surface area contributed by atoms with Crippen LogP contribution in [0.25, 0.3) is 11.4 Å². The molecule has 0 bridgehead atoms. The Labute approximate surface area is 149 Å². The van der Waals surface area contributed by atoms with Crippen LogP contribution in [0.4, 0.5) is 23.2 Å². The van der Waals surface area contributed by atoms with Crippen LogP contribution in [-0.4, -0.2) is 32.5 Å². The molecule has 27 heavy (non-hydrogen) atoms. The van der Waals surface area contributed by atoms with Crippen LogP contribution in [0.5, 0.6) is 5.75 Å². The average Bonchev–Trinajstić information content (AvgIpc) is 3.04. The fraction of sp³-hybridized carbons (Fsp3) is 0.125. The highest BCUT2D eigenvalue weighted by atomic mass is 19.4. The van der Waals surface area contributed by atoms with Crippen molar-refractivity contribution in [2.24, 2.45) is 0 Å². The van der Waals surface area contributed by atoms with Crippen molar-refractivity contribution < 1.29 is 27.1 Å². The van der Waals surface area contributed by atoms with Gasteiger partial charge < -0.3 is 10.1 Å². The Hall–Kier alpha value is -3.50. The van der Waals surface area contributed by atoms with Crippen molar-refractivity contribution in [1.29, 1.82) is 0 Å². The van der Waals surface area contributed by atoms with E-state index in [1.807, 2.05) is 0 Å². The van der Waals surface area contributed by atoms with Crippen molar-refractivity contribution in [1.82, 2.24) is 20.2 Å². The number of benzene rings is 2. The Morgan fingerprint density at radius 3 is 2.48 bits per heavy atom. The Balaban J connectivity index is 1.61. The van der Waals surface area contributed by atoms with Gasteiger partial charge in [-0.25, -0.2) is 4.39 Å². The summed E-state index contributed by atoms with van der Waals surface area (Å²) in [6.07, 6.45) is -4.79. The molecule has 0 aliphatic rings. The van der Waals surface area contributed by atoms with E-state index in [0.717, 1.165) is 16.9 Å². The molecule has 3 rings (SSSR count). The lowest BCUT2D eigenvalue weighted by Gasteiger charge is -2.09. The van der Waals surface area contributed by atoms with Crippen LogP contribution >= 0.6 is 0 Å². The van der Waals surface area contributed by atoms with Gasteiger partial charge in [0.15, 0.2) is 0 Å². The van der Waals surface area contributed by atoms with E-state index < -0.39 is 23.8 Å². The summed E-state index contributed by atoms with van der Waals surface area (Å²) in [5.41, 5.74) is 0.397.